The monoisotopic (exact) mass is 261 g/mol. The van der Waals surface area contributed by atoms with Crippen LogP contribution in [0, 0.1) is 0 Å². The summed E-state index contributed by atoms with van der Waals surface area (Å²) in [6, 6.07) is 4.99. The van der Waals surface area contributed by atoms with Crippen molar-refractivity contribution >= 4 is 22.9 Å². The molecular weight excluding hydrogens is 254 g/mol. The highest BCUT2D eigenvalue weighted by Gasteiger charge is 2.09. The average Bonchev–Trinajstić information content (AvgIpc) is 2.82. The lowest BCUT2D eigenvalue weighted by Gasteiger charge is -2.07. The van der Waals surface area contributed by atoms with E-state index in [-0.39, 0.29) is 0 Å². The molecule has 0 amide bonds. The van der Waals surface area contributed by atoms with Crippen LogP contribution in [0.5, 0.6) is 11.6 Å². The summed E-state index contributed by atoms with van der Waals surface area (Å²) < 4.78 is 7.32. The van der Waals surface area contributed by atoms with Crippen LogP contribution >= 0.6 is 11.6 Å². The fourth-order valence-electron chi connectivity index (χ4n) is 1.51. The van der Waals surface area contributed by atoms with Gasteiger partial charge in [0.15, 0.2) is 0 Å². The molecule has 0 saturated carbocycles. The third kappa shape index (κ3) is 1.82. The summed E-state index contributed by atoms with van der Waals surface area (Å²) in [6.45, 7) is 0. The third-order valence-electron chi connectivity index (χ3n) is 2.35. The van der Waals surface area contributed by atoms with E-state index in [1.54, 1.807) is 41.3 Å². The van der Waals surface area contributed by atoms with Crippen molar-refractivity contribution in [2.24, 2.45) is 0 Å². The Balaban J connectivity index is 2.03. The summed E-state index contributed by atoms with van der Waals surface area (Å²) >= 11 is 6.03. The highest BCUT2D eigenvalue weighted by atomic mass is 35.5. The second-order valence-corrected chi connectivity index (χ2v) is 3.99. The summed E-state index contributed by atoms with van der Waals surface area (Å²) in [7, 11) is 0. The predicted molar refractivity (Wildman–Crippen MR) is 66.7 cm³/mol. The van der Waals surface area contributed by atoms with Crippen molar-refractivity contribution in [2.45, 2.75) is 0 Å². The SMILES string of the molecule is Nc1ccc(Oc2nccn3cnnc23)c(Cl)c1. The molecule has 0 spiro atoms. The molecule has 0 unspecified atom stereocenters. The number of nitrogens with two attached hydrogens (primary N) is 1. The highest BCUT2D eigenvalue weighted by Crippen LogP contribution is 2.30. The van der Waals surface area contributed by atoms with Crippen LogP contribution in [0.2, 0.25) is 5.02 Å². The van der Waals surface area contributed by atoms with Crippen molar-refractivity contribution in [3.63, 3.8) is 0 Å². The maximum Gasteiger partial charge on any atom is 0.265 e. The maximum absolute atomic E-state index is 6.03. The second kappa shape index (κ2) is 4.15. The van der Waals surface area contributed by atoms with Gasteiger partial charge in [0.25, 0.3) is 5.88 Å². The van der Waals surface area contributed by atoms with Gasteiger partial charge in [0.1, 0.15) is 12.1 Å². The van der Waals surface area contributed by atoms with Crippen LogP contribution in [-0.2, 0) is 0 Å². The van der Waals surface area contributed by atoms with Crippen molar-refractivity contribution in [2.75, 3.05) is 5.73 Å². The van der Waals surface area contributed by atoms with Crippen LogP contribution < -0.4 is 10.5 Å². The molecular formula is C11H8ClN5O. The number of nitrogens with zero attached hydrogens (tertiary/aromatic N) is 4. The van der Waals surface area contributed by atoms with E-state index >= 15 is 0 Å². The van der Waals surface area contributed by atoms with Gasteiger partial charge in [-0.3, -0.25) is 4.40 Å². The lowest BCUT2D eigenvalue weighted by atomic mass is 10.3. The van der Waals surface area contributed by atoms with Crippen molar-refractivity contribution in [1.29, 1.82) is 0 Å². The van der Waals surface area contributed by atoms with Crippen LogP contribution in [-0.4, -0.2) is 19.6 Å². The van der Waals surface area contributed by atoms with E-state index in [0.717, 1.165) is 0 Å². The van der Waals surface area contributed by atoms with Gasteiger partial charge >= 0.3 is 0 Å². The first-order valence-electron chi connectivity index (χ1n) is 5.11. The summed E-state index contributed by atoms with van der Waals surface area (Å²) in [5.74, 6) is 0.802. The number of hydrogen-bond donors (Lipinski definition) is 1. The van der Waals surface area contributed by atoms with Gasteiger partial charge < -0.3 is 10.5 Å². The molecule has 90 valence electrons. The minimum Gasteiger partial charge on any atom is -0.434 e. The maximum atomic E-state index is 6.03. The van der Waals surface area contributed by atoms with E-state index in [1.165, 1.54) is 0 Å². The van der Waals surface area contributed by atoms with E-state index in [1.807, 2.05) is 0 Å². The van der Waals surface area contributed by atoms with Gasteiger partial charge in [0, 0.05) is 18.1 Å². The summed E-state index contributed by atoms with van der Waals surface area (Å²) in [4.78, 5) is 4.10. The molecule has 2 aromatic heterocycles. The lowest BCUT2D eigenvalue weighted by molar-refractivity contribution is 0.465. The minimum absolute atomic E-state index is 0.335. The second-order valence-electron chi connectivity index (χ2n) is 3.59. The van der Waals surface area contributed by atoms with Gasteiger partial charge in [-0.2, -0.15) is 0 Å². The van der Waals surface area contributed by atoms with E-state index < -0.39 is 0 Å². The smallest absolute Gasteiger partial charge is 0.265 e. The van der Waals surface area contributed by atoms with Crippen LogP contribution in [0.3, 0.4) is 0 Å². The first kappa shape index (κ1) is 10.8. The molecule has 2 heterocycles. The van der Waals surface area contributed by atoms with Gasteiger partial charge in [0.2, 0.25) is 5.65 Å². The van der Waals surface area contributed by atoms with Crippen molar-refractivity contribution in [1.82, 2.24) is 19.6 Å². The zero-order chi connectivity index (χ0) is 12.5. The summed E-state index contributed by atoms with van der Waals surface area (Å²) in [6.07, 6.45) is 4.89. The Morgan fingerprint density at radius 2 is 2.22 bits per heavy atom. The number of rotatable bonds is 2. The van der Waals surface area contributed by atoms with Gasteiger partial charge in [0.05, 0.1) is 5.02 Å². The molecule has 6 nitrogen and oxygen atoms in total. The molecule has 0 saturated heterocycles. The van der Waals surface area contributed by atoms with E-state index in [2.05, 4.69) is 15.2 Å². The number of nitrogen functional groups attached to an aromatic ring is 1. The minimum atomic E-state index is 0.335. The van der Waals surface area contributed by atoms with Crippen molar-refractivity contribution in [3.05, 3.63) is 41.9 Å². The Morgan fingerprint density at radius 1 is 1.33 bits per heavy atom. The first-order chi connectivity index (χ1) is 8.74. The molecule has 0 atom stereocenters. The number of anilines is 1. The summed E-state index contributed by atoms with van der Waals surface area (Å²) in [5, 5.41) is 8.11. The normalized spacial score (nSPS) is 10.7. The molecule has 0 aliphatic heterocycles. The Hall–Kier alpha value is -2.34. The number of halogens is 1. The standard InChI is InChI=1S/C11H8ClN5O/c12-8-5-7(13)1-2-9(8)18-11-10-16-15-6-17(10)4-3-14-11/h1-6H,13H2. The number of hydrogen-bond acceptors (Lipinski definition) is 5. The quantitative estimate of drug-likeness (QED) is 0.715. The molecule has 3 aromatic rings. The molecule has 0 aliphatic carbocycles. The number of aromatic nitrogens is 4. The zero-order valence-corrected chi connectivity index (χ0v) is 9.87. The zero-order valence-electron chi connectivity index (χ0n) is 9.12. The lowest BCUT2D eigenvalue weighted by Crippen LogP contribution is -1.94. The van der Waals surface area contributed by atoms with Crippen LogP contribution in [0.15, 0.2) is 36.9 Å². The van der Waals surface area contributed by atoms with Crippen molar-refractivity contribution < 1.29 is 4.74 Å². The fourth-order valence-corrected chi connectivity index (χ4v) is 1.74. The predicted octanol–water partition coefficient (Wildman–Crippen LogP) is 2.15. The molecule has 1 aromatic carbocycles. The largest absolute Gasteiger partial charge is 0.434 e. The van der Waals surface area contributed by atoms with Gasteiger partial charge in [-0.1, -0.05) is 11.6 Å². The van der Waals surface area contributed by atoms with E-state index in [0.29, 0.717) is 28.0 Å². The molecule has 2 N–H and O–H groups in total. The Kier molecular flexibility index (Phi) is 2.49. The molecule has 0 aliphatic rings. The third-order valence-corrected chi connectivity index (χ3v) is 2.64. The molecule has 0 fully saturated rings. The topological polar surface area (TPSA) is 78.3 Å². The average molecular weight is 262 g/mol. The molecule has 7 heteroatoms. The van der Waals surface area contributed by atoms with Crippen LogP contribution in [0.25, 0.3) is 5.65 Å². The van der Waals surface area contributed by atoms with Crippen molar-refractivity contribution in [3.8, 4) is 11.6 Å². The van der Waals surface area contributed by atoms with Gasteiger partial charge in [-0.05, 0) is 18.2 Å². The van der Waals surface area contributed by atoms with E-state index in [4.69, 9.17) is 22.1 Å². The van der Waals surface area contributed by atoms with Gasteiger partial charge in [-0.15, -0.1) is 10.2 Å². The summed E-state index contributed by atoms with van der Waals surface area (Å²) in [5.41, 5.74) is 6.70. The first-order valence-corrected chi connectivity index (χ1v) is 5.49. The molecule has 3 rings (SSSR count). The Bertz CT molecular complexity index is 711. The molecule has 0 radical (unpaired) electrons. The van der Waals surface area contributed by atoms with Crippen LogP contribution in [0.1, 0.15) is 0 Å². The van der Waals surface area contributed by atoms with Gasteiger partial charge in [-0.25, -0.2) is 4.98 Å². The van der Waals surface area contributed by atoms with Crippen LogP contribution in [0.4, 0.5) is 5.69 Å². The fraction of sp³-hybridized carbons (Fsp3) is 0. The Morgan fingerprint density at radius 3 is 3.06 bits per heavy atom. The highest BCUT2D eigenvalue weighted by molar-refractivity contribution is 6.32. The molecule has 0 bridgehead atoms. The molecule has 18 heavy (non-hydrogen) atoms. The van der Waals surface area contributed by atoms with E-state index in [9.17, 15) is 0 Å². The Labute approximate surface area is 107 Å². The number of fused-ring (bicyclic) bond motifs is 1. The number of ether oxygens (including phenoxy) is 1. The number of benzene rings is 1.